The fourth-order valence-electron chi connectivity index (χ4n) is 4.05. The Morgan fingerprint density at radius 1 is 0.793 bits per heavy atom. The second-order valence-electron chi connectivity index (χ2n) is 9.33. The van der Waals surface area contributed by atoms with E-state index in [2.05, 4.69) is 24.1 Å². The average Bonchev–Trinajstić information content (AvgIpc) is 2.72. The molecule has 0 aromatic heterocycles. The summed E-state index contributed by atoms with van der Waals surface area (Å²) in [5, 5.41) is 3.07. The highest BCUT2D eigenvalue weighted by Gasteiger charge is 2.09. The minimum Gasteiger partial charge on any atom is -0.379 e. The molecule has 4 heteroatoms. The maximum Gasteiger partial charge on any atom is 0.219 e. The summed E-state index contributed by atoms with van der Waals surface area (Å²) >= 11 is 0. The maximum atomic E-state index is 11.9. The van der Waals surface area contributed by atoms with Crippen molar-refractivity contribution in [2.24, 2.45) is 5.92 Å². The predicted molar refractivity (Wildman–Crippen MR) is 124 cm³/mol. The van der Waals surface area contributed by atoms with E-state index in [1.807, 2.05) is 0 Å². The molecule has 0 spiro atoms. The third-order valence-electron chi connectivity index (χ3n) is 6.01. The highest BCUT2D eigenvalue weighted by Crippen LogP contribution is 2.14. The van der Waals surface area contributed by atoms with Crippen LogP contribution < -0.4 is 5.32 Å². The molecule has 4 nitrogen and oxygen atoms in total. The first kappa shape index (κ1) is 26.4. The summed E-state index contributed by atoms with van der Waals surface area (Å²) in [6.45, 7) is 10.3. The van der Waals surface area contributed by atoms with Crippen LogP contribution in [0.2, 0.25) is 0 Å². The molecule has 0 radical (unpaired) electrons. The highest BCUT2D eigenvalue weighted by molar-refractivity contribution is 5.75. The molecule has 0 atom stereocenters. The van der Waals surface area contributed by atoms with Crippen LogP contribution in [-0.4, -0.2) is 50.2 Å². The van der Waals surface area contributed by atoms with E-state index in [1.54, 1.807) is 0 Å². The maximum absolute atomic E-state index is 11.9. The van der Waals surface area contributed by atoms with Crippen LogP contribution in [0.5, 0.6) is 0 Å². The Morgan fingerprint density at radius 2 is 1.31 bits per heavy atom. The van der Waals surface area contributed by atoms with Crippen LogP contribution in [0.15, 0.2) is 0 Å². The van der Waals surface area contributed by atoms with Gasteiger partial charge in [0.25, 0.3) is 0 Å². The van der Waals surface area contributed by atoms with Gasteiger partial charge < -0.3 is 10.1 Å². The lowest BCUT2D eigenvalue weighted by atomic mass is 10.0. The SMILES string of the molecule is CC(C)CCCCCCCCCCCCCCC(=O)NCCCN1CCOCC1. The van der Waals surface area contributed by atoms with E-state index in [1.165, 1.54) is 77.0 Å². The van der Waals surface area contributed by atoms with Crippen molar-refractivity contribution in [1.82, 2.24) is 10.2 Å². The smallest absolute Gasteiger partial charge is 0.219 e. The summed E-state index contributed by atoms with van der Waals surface area (Å²) in [5.41, 5.74) is 0. The van der Waals surface area contributed by atoms with Crippen LogP contribution in [0.4, 0.5) is 0 Å². The molecule has 0 aromatic carbocycles. The molecule has 1 rings (SSSR count). The number of amides is 1. The number of carbonyl (C=O) groups is 1. The van der Waals surface area contributed by atoms with Crippen LogP contribution in [0.3, 0.4) is 0 Å². The zero-order chi connectivity index (χ0) is 21.0. The van der Waals surface area contributed by atoms with Crippen LogP contribution in [0.1, 0.15) is 110 Å². The van der Waals surface area contributed by atoms with Crippen molar-refractivity contribution in [3.8, 4) is 0 Å². The van der Waals surface area contributed by atoms with Gasteiger partial charge in [-0.1, -0.05) is 90.9 Å². The Bertz CT molecular complexity index is 368. The first-order valence-corrected chi connectivity index (χ1v) is 12.8. The molecule has 1 N–H and O–H groups in total. The van der Waals surface area contributed by atoms with Crippen molar-refractivity contribution in [2.75, 3.05) is 39.4 Å². The number of nitrogens with one attached hydrogen (secondary N) is 1. The Morgan fingerprint density at radius 3 is 1.86 bits per heavy atom. The number of unbranched alkanes of at least 4 members (excludes halogenated alkanes) is 11. The summed E-state index contributed by atoms with van der Waals surface area (Å²) in [4.78, 5) is 14.3. The van der Waals surface area contributed by atoms with Crippen molar-refractivity contribution >= 4 is 5.91 Å². The molecule has 1 fully saturated rings. The molecule has 1 aliphatic rings. The number of carbonyl (C=O) groups excluding carboxylic acids is 1. The van der Waals surface area contributed by atoms with Crippen LogP contribution in [-0.2, 0) is 9.53 Å². The van der Waals surface area contributed by atoms with Gasteiger partial charge in [0.05, 0.1) is 13.2 Å². The molecule has 1 heterocycles. The van der Waals surface area contributed by atoms with Crippen molar-refractivity contribution in [2.45, 2.75) is 110 Å². The van der Waals surface area contributed by atoms with E-state index in [-0.39, 0.29) is 5.91 Å². The summed E-state index contributed by atoms with van der Waals surface area (Å²) in [7, 11) is 0. The van der Waals surface area contributed by atoms with E-state index >= 15 is 0 Å². The van der Waals surface area contributed by atoms with E-state index < -0.39 is 0 Å². The third-order valence-corrected chi connectivity index (χ3v) is 6.01. The standard InChI is InChI=1S/C25H50N2O2/c1-24(2)16-13-11-9-7-5-3-4-6-8-10-12-14-17-25(28)26-18-15-19-27-20-22-29-23-21-27/h24H,3-23H2,1-2H3,(H,26,28). The quantitative estimate of drug-likeness (QED) is 0.268. The Balaban J connectivity index is 1.73. The van der Waals surface area contributed by atoms with Crippen LogP contribution >= 0.6 is 0 Å². The largest absolute Gasteiger partial charge is 0.379 e. The van der Waals surface area contributed by atoms with E-state index in [0.29, 0.717) is 6.42 Å². The molecular weight excluding hydrogens is 360 g/mol. The van der Waals surface area contributed by atoms with Gasteiger partial charge in [-0.3, -0.25) is 9.69 Å². The van der Waals surface area contributed by atoms with Gasteiger partial charge >= 0.3 is 0 Å². The lowest BCUT2D eigenvalue weighted by Gasteiger charge is -2.26. The minimum absolute atomic E-state index is 0.236. The first-order valence-electron chi connectivity index (χ1n) is 12.8. The molecule has 1 aliphatic heterocycles. The number of rotatable bonds is 19. The van der Waals surface area contributed by atoms with Gasteiger partial charge in [-0.15, -0.1) is 0 Å². The highest BCUT2D eigenvalue weighted by atomic mass is 16.5. The molecule has 1 saturated heterocycles. The summed E-state index contributed by atoms with van der Waals surface area (Å²) < 4.78 is 5.35. The fourth-order valence-corrected chi connectivity index (χ4v) is 4.05. The summed E-state index contributed by atoms with van der Waals surface area (Å²) in [5.74, 6) is 1.11. The first-order chi connectivity index (χ1) is 14.2. The Kier molecular flexibility index (Phi) is 17.6. The van der Waals surface area contributed by atoms with E-state index in [4.69, 9.17) is 4.74 Å². The second kappa shape index (κ2) is 19.4. The van der Waals surface area contributed by atoms with Crippen molar-refractivity contribution in [3.05, 3.63) is 0 Å². The average molecular weight is 411 g/mol. The third kappa shape index (κ3) is 17.9. The monoisotopic (exact) mass is 410 g/mol. The second-order valence-corrected chi connectivity index (χ2v) is 9.33. The van der Waals surface area contributed by atoms with Crippen molar-refractivity contribution < 1.29 is 9.53 Å². The molecule has 1 amide bonds. The lowest BCUT2D eigenvalue weighted by Crippen LogP contribution is -2.38. The number of ether oxygens (including phenoxy) is 1. The normalized spacial score (nSPS) is 15.1. The Hall–Kier alpha value is -0.610. The van der Waals surface area contributed by atoms with Gasteiger partial charge in [0.2, 0.25) is 5.91 Å². The van der Waals surface area contributed by atoms with Crippen molar-refractivity contribution in [3.63, 3.8) is 0 Å². The zero-order valence-corrected chi connectivity index (χ0v) is 19.7. The summed E-state index contributed by atoms with van der Waals surface area (Å²) in [6.07, 6.45) is 19.4. The topological polar surface area (TPSA) is 41.6 Å². The van der Waals surface area contributed by atoms with Crippen LogP contribution in [0.25, 0.3) is 0 Å². The molecule has 29 heavy (non-hydrogen) atoms. The molecular formula is C25H50N2O2. The molecule has 0 aromatic rings. The molecule has 0 saturated carbocycles. The van der Waals surface area contributed by atoms with Gasteiger partial charge in [-0.2, -0.15) is 0 Å². The van der Waals surface area contributed by atoms with Gasteiger partial charge in [-0.25, -0.2) is 0 Å². The molecule has 0 aliphatic carbocycles. The van der Waals surface area contributed by atoms with E-state index in [9.17, 15) is 4.79 Å². The van der Waals surface area contributed by atoms with Crippen molar-refractivity contribution in [1.29, 1.82) is 0 Å². The van der Waals surface area contributed by atoms with Gasteiger partial charge in [-0.05, 0) is 25.3 Å². The zero-order valence-electron chi connectivity index (χ0n) is 19.7. The van der Waals surface area contributed by atoms with Gasteiger partial charge in [0.15, 0.2) is 0 Å². The number of morpholine rings is 1. The lowest BCUT2D eigenvalue weighted by molar-refractivity contribution is -0.121. The number of hydrogen-bond acceptors (Lipinski definition) is 3. The number of nitrogens with zero attached hydrogens (tertiary/aromatic N) is 1. The van der Waals surface area contributed by atoms with Gasteiger partial charge in [0.1, 0.15) is 0 Å². The summed E-state index contributed by atoms with van der Waals surface area (Å²) in [6, 6.07) is 0. The van der Waals surface area contributed by atoms with Crippen LogP contribution in [0, 0.1) is 5.92 Å². The van der Waals surface area contributed by atoms with E-state index in [0.717, 1.165) is 58.2 Å². The minimum atomic E-state index is 0.236. The predicted octanol–water partition coefficient (Wildman–Crippen LogP) is 5.94. The molecule has 0 unspecified atom stereocenters. The molecule has 172 valence electrons. The number of hydrogen-bond donors (Lipinski definition) is 1. The Labute approximate surface area is 181 Å². The van der Waals surface area contributed by atoms with Gasteiger partial charge in [0, 0.05) is 26.1 Å². The molecule has 0 bridgehead atoms. The fraction of sp³-hybridized carbons (Fsp3) is 0.960.